The van der Waals surface area contributed by atoms with Gasteiger partial charge < -0.3 is 0 Å². The average molecular weight is 772 g/mol. The predicted molar refractivity (Wildman–Crippen MR) is 140 cm³/mol. The Labute approximate surface area is 248 Å². The summed E-state index contributed by atoms with van der Waals surface area (Å²) >= 11 is 0. The summed E-state index contributed by atoms with van der Waals surface area (Å²) in [5.74, 6) is 0. The first-order valence-electron chi connectivity index (χ1n) is 10.6. The molecule has 0 aliphatic rings. The molecule has 0 spiro atoms. The second kappa shape index (κ2) is 15.9. The number of pyridine rings is 2. The van der Waals surface area contributed by atoms with Gasteiger partial charge >= 0.3 is 86.4 Å². The number of rotatable bonds is 5. The van der Waals surface area contributed by atoms with Crippen molar-refractivity contribution in [1.29, 1.82) is 10.5 Å². The maximum absolute atomic E-state index is 10.7. The first kappa shape index (κ1) is 44.1. The first-order chi connectivity index (χ1) is 18.1. The van der Waals surface area contributed by atoms with E-state index in [1.165, 1.54) is 30.5 Å². The molecular formula is C22H24F12N4P3Pd+. The molecule has 42 heavy (non-hydrogen) atoms. The number of nitrogens with zero attached hydrogens (tertiary/aromatic N) is 4. The Bertz CT molecular complexity index is 1150. The summed E-state index contributed by atoms with van der Waals surface area (Å²) in [5.41, 5.74) is 2.34. The first-order valence-corrected chi connectivity index (χ1v) is 16.6. The minimum atomic E-state index is -10.7. The molecule has 0 saturated carbocycles. The standard InChI is InChI=1S/C18H17N2P.2C2H3N.2F6P.Pd/c1-2-10-18(11-3-1)21(14-16-8-4-6-12-19-16)15-17-9-5-7-13-20-17;2*1-2-3;2*1-7(2,3,4,5)6;/h1-13H,14-15H2;2*1H3;;;/q;;;2*-1;+2/p+1. The Morgan fingerprint density at radius 3 is 1.07 bits per heavy atom. The van der Waals surface area contributed by atoms with E-state index in [0.717, 1.165) is 12.3 Å². The van der Waals surface area contributed by atoms with Crippen LogP contribution in [-0.4, -0.2) is 9.97 Å². The van der Waals surface area contributed by atoms with Crippen LogP contribution in [0.1, 0.15) is 25.2 Å². The normalized spacial score (nSPS) is 13.5. The molecule has 4 nitrogen and oxygen atoms in total. The van der Waals surface area contributed by atoms with E-state index in [4.69, 9.17) is 10.5 Å². The zero-order chi connectivity index (χ0) is 32.6. The Morgan fingerprint density at radius 1 is 0.571 bits per heavy atom. The fourth-order valence-electron chi connectivity index (χ4n) is 2.38. The van der Waals surface area contributed by atoms with Gasteiger partial charge in [-0.2, -0.15) is 10.5 Å². The second-order valence-electron chi connectivity index (χ2n) is 7.33. The third-order valence-corrected chi connectivity index (χ3v) is 6.15. The van der Waals surface area contributed by atoms with Gasteiger partial charge in [-0.15, -0.1) is 0 Å². The molecule has 3 aromatic rings. The number of aromatic nitrogens is 2. The molecule has 0 radical (unpaired) electrons. The fourth-order valence-corrected chi connectivity index (χ4v) is 4.87. The SMILES string of the molecule is CC#N.CC#N.F[P-](F)(F)(F)(F)F.F[P-](F)(F)(F)(F)F.[Pd+2].c1ccc([PH+](Cc2ccccn2)Cc2ccccn2)cc1. The van der Waals surface area contributed by atoms with Crippen LogP contribution in [0, 0.1) is 22.7 Å². The van der Waals surface area contributed by atoms with Crippen LogP contribution >= 0.6 is 23.5 Å². The Kier molecular flexibility index (Phi) is 16.7. The van der Waals surface area contributed by atoms with Crippen molar-refractivity contribution in [2.75, 3.05) is 0 Å². The average Bonchev–Trinajstić information content (AvgIpc) is 2.78. The summed E-state index contributed by atoms with van der Waals surface area (Å²) in [6.07, 6.45) is 5.82. The molecule has 0 aliphatic carbocycles. The Hall–Kier alpha value is -2.39. The van der Waals surface area contributed by atoms with Gasteiger partial charge in [0.05, 0.1) is 28.8 Å². The molecule has 0 bridgehead atoms. The van der Waals surface area contributed by atoms with E-state index in [2.05, 4.69) is 64.6 Å². The quantitative estimate of drug-likeness (QED) is 0.147. The van der Waals surface area contributed by atoms with Crippen molar-refractivity contribution in [2.24, 2.45) is 0 Å². The molecule has 0 saturated heterocycles. The molecule has 0 fully saturated rings. The summed E-state index contributed by atoms with van der Waals surface area (Å²) in [6.45, 7) is 2.86. The fraction of sp³-hybridized carbons (Fsp3) is 0.182. The van der Waals surface area contributed by atoms with E-state index in [1.807, 2.05) is 24.5 Å². The third-order valence-electron chi connectivity index (χ3n) is 3.42. The molecule has 3 rings (SSSR count). The molecule has 0 aliphatic heterocycles. The van der Waals surface area contributed by atoms with Crippen molar-refractivity contribution < 1.29 is 70.8 Å². The van der Waals surface area contributed by atoms with Gasteiger partial charge in [-0.1, -0.05) is 30.3 Å². The summed E-state index contributed by atoms with van der Waals surface area (Å²) in [6, 6.07) is 26.6. The van der Waals surface area contributed by atoms with E-state index in [1.54, 1.807) is 12.1 Å². The molecule has 0 atom stereocenters. The van der Waals surface area contributed by atoms with Gasteiger partial charge in [-0.05, 0) is 36.4 Å². The molecular weight excluding hydrogens is 748 g/mol. The Balaban J connectivity index is -0.000000601. The smallest absolute Gasteiger partial charge is 0.257 e. The summed E-state index contributed by atoms with van der Waals surface area (Å²) in [5, 5.41) is 16.1. The predicted octanol–water partition coefficient (Wildman–Crippen LogP) is 11.5. The van der Waals surface area contributed by atoms with Crippen molar-refractivity contribution in [1.82, 2.24) is 9.97 Å². The number of halogens is 12. The van der Waals surface area contributed by atoms with E-state index in [0.29, 0.717) is 0 Å². The van der Waals surface area contributed by atoms with Crippen molar-refractivity contribution in [3.63, 3.8) is 0 Å². The van der Waals surface area contributed by atoms with E-state index in [9.17, 15) is 50.4 Å². The van der Waals surface area contributed by atoms with Crippen molar-refractivity contribution in [3.05, 3.63) is 90.5 Å². The van der Waals surface area contributed by atoms with Gasteiger partial charge in [0, 0.05) is 34.2 Å². The van der Waals surface area contributed by atoms with E-state index in [-0.39, 0.29) is 20.4 Å². The zero-order valence-corrected chi connectivity index (χ0v) is 25.8. The summed E-state index contributed by atoms with van der Waals surface area (Å²) in [7, 11) is -22.1. The number of hydrogen-bond acceptors (Lipinski definition) is 4. The largest absolute Gasteiger partial charge is 2.00 e. The Morgan fingerprint density at radius 2 is 0.833 bits per heavy atom. The molecule has 2 aromatic heterocycles. The van der Waals surface area contributed by atoms with Gasteiger partial charge in [0.25, 0.3) is 0 Å². The van der Waals surface area contributed by atoms with Crippen molar-refractivity contribution in [2.45, 2.75) is 26.2 Å². The van der Waals surface area contributed by atoms with Crippen molar-refractivity contribution >= 4 is 28.8 Å². The van der Waals surface area contributed by atoms with Crippen molar-refractivity contribution in [3.8, 4) is 12.1 Å². The van der Waals surface area contributed by atoms with Crippen LogP contribution in [0.15, 0.2) is 79.1 Å². The maximum Gasteiger partial charge on any atom is 2.00 e. The van der Waals surface area contributed by atoms with E-state index < -0.39 is 23.5 Å². The maximum atomic E-state index is 9.87. The molecule has 0 amide bonds. The molecule has 2 heterocycles. The molecule has 240 valence electrons. The van der Waals surface area contributed by atoms with E-state index >= 15 is 0 Å². The van der Waals surface area contributed by atoms with Crippen LogP contribution in [0.5, 0.6) is 0 Å². The van der Waals surface area contributed by atoms with Gasteiger partial charge in [0.15, 0.2) is 0 Å². The number of benzene rings is 1. The van der Waals surface area contributed by atoms with Gasteiger partial charge in [0.2, 0.25) is 0 Å². The molecule has 0 unspecified atom stereocenters. The van der Waals surface area contributed by atoms with Gasteiger partial charge in [0.1, 0.15) is 12.3 Å². The third kappa shape index (κ3) is 44.6. The second-order valence-corrected chi connectivity index (χ2v) is 13.7. The summed E-state index contributed by atoms with van der Waals surface area (Å²) in [4.78, 5) is 8.98. The van der Waals surface area contributed by atoms with Gasteiger partial charge in [-0.25, -0.2) is 0 Å². The van der Waals surface area contributed by atoms with Crippen LogP contribution in [0.3, 0.4) is 0 Å². The number of hydrogen-bond donors (Lipinski definition) is 0. The van der Waals surface area contributed by atoms with Gasteiger partial charge in [-0.3, -0.25) is 9.97 Å². The zero-order valence-electron chi connectivity index (χ0n) is 21.5. The minimum Gasteiger partial charge on any atom is -0.257 e. The topological polar surface area (TPSA) is 73.4 Å². The van der Waals surface area contributed by atoms with Crippen LogP contribution in [0.25, 0.3) is 0 Å². The monoisotopic (exact) mass is 771 g/mol. The summed E-state index contributed by atoms with van der Waals surface area (Å²) < 4.78 is 118. The van der Waals surface area contributed by atoms with Crippen LogP contribution in [0.4, 0.5) is 50.4 Å². The molecule has 0 N–H and O–H groups in total. The minimum absolute atomic E-state index is 0. The number of nitriles is 2. The van der Waals surface area contributed by atoms with Crippen LogP contribution in [-0.2, 0) is 32.7 Å². The molecule has 20 heteroatoms. The van der Waals surface area contributed by atoms with Crippen LogP contribution in [0.2, 0.25) is 0 Å². The molecule has 1 aromatic carbocycles. The van der Waals surface area contributed by atoms with Crippen LogP contribution < -0.4 is 5.30 Å².